The van der Waals surface area contributed by atoms with E-state index in [4.69, 9.17) is 15.6 Å². The molecule has 1 unspecified atom stereocenters. The highest BCUT2D eigenvalue weighted by Gasteiger charge is 2.35. The molecule has 0 amide bonds. The Morgan fingerprint density at radius 2 is 1.85 bits per heavy atom. The van der Waals surface area contributed by atoms with Crippen molar-refractivity contribution in [1.82, 2.24) is 0 Å². The predicted molar refractivity (Wildman–Crippen MR) is 64.2 cm³/mol. The van der Waals surface area contributed by atoms with Crippen molar-refractivity contribution in [2.45, 2.75) is 37.9 Å². The monoisotopic (exact) mass is 220 g/mol. The maximum atomic E-state index is 5.88. The molecule has 0 saturated carbocycles. The van der Waals surface area contributed by atoms with Gasteiger partial charge in [0.25, 0.3) is 0 Å². The molecule has 0 aliphatic heterocycles. The van der Waals surface area contributed by atoms with Crippen LogP contribution >= 0.6 is 0 Å². The molecule has 0 aliphatic rings. The third kappa shape index (κ3) is 3.91. The minimum atomic E-state index is -1.51. The average molecular weight is 220 g/mol. The van der Waals surface area contributed by atoms with Gasteiger partial charge in [-0.25, -0.2) is 0 Å². The molecule has 5 heteroatoms. The van der Waals surface area contributed by atoms with E-state index in [1.807, 2.05) is 0 Å². The molecule has 0 radical (unpaired) electrons. The highest BCUT2D eigenvalue weighted by Crippen LogP contribution is 2.30. The molecule has 0 fully saturated rings. The Labute approximate surface area is 85.9 Å². The largest absolute Gasteiger partial charge is 0.463 e. The predicted octanol–water partition coefficient (Wildman–Crippen LogP) is -0.0536. The summed E-state index contributed by atoms with van der Waals surface area (Å²) in [7, 11) is -0.671. The van der Waals surface area contributed by atoms with Crippen LogP contribution in [0.2, 0.25) is 17.6 Å². The first kappa shape index (κ1) is 13.3. The van der Waals surface area contributed by atoms with Gasteiger partial charge < -0.3 is 15.6 Å². The maximum absolute atomic E-state index is 5.88. The fourth-order valence-corrected chi connectivity index (χ4v) is 8.00. The van der Waals surface area contributed by atoms with Crippen LogP contribution < -0.4 is 11.5 Å². The normalized spacial score (nSPS) is 16.4. The fourth-order valence-electron chi connectivity index (χ4n) is 1.79. The lowest BCUT2D eigenvalue weighted by atomic mass is 10.5. The van der Waals surface area contributed by atoms with Gasteiger partial charge in [-0.15, -0.1) is 0 Å². The van der Waals surface area contributed by atoms with Crippen LogP contribution in [0.1, 0.15) is 20.3 Å². The van der Waals surface area contributed by atoms with Crippen LogP contribution in [0.5, 0.6) is 0 Å². The zero-order chi connectivity index (χ0) is 10.3. The van der Waals surface area contributed by atoms with Gasteiger partial charge >= 0.3 is 0 Å². The van der Waals surface area contributed by atoms with Gasteiger partial charge in [-0.3, -0.25) is 0 Å². The molecule has 1 atom stereocenters. The zero-order valence-electron chi connectivity index (χ0n) is 9.18. The lowest BCUT2D eigenvalue weighted by Gasteiger charge is -2.34. The summed E-state index contributed by atoms with van der Waals surface area (Å²) >= 11 is 0. The van der Waals surface area contributed by atoms with Gasteiger partial charge in [-0.1, -0.05) is 13.8 Å². The van der Waals surface area contributed by atoms with E-state index in [1.165, 1.54) is 6.04 Å². The summed E-state index contributed by atoms with van der Waals surface area (Å²) in [5.41, 5.74) is 11.8. The van der Waals surface area contributed by atoms with Crippen molar-refractivity contribution in [2.75, 3.05) is 13.1 Å². The maximum Gasteiger partial charge on any atom is 0.182 e. The third-order valence-corrected chi connectivity index (χ3v) is 10.5. The van der Waals surface area contributed by atoms with Crippen molar-refractivity contribution in [3.05, 3.63) is 0 Å². The van der Waals surface area contributed by atoms with Crippen LogP contribution in [0.25, 0.3) is 0 Å². The van der Waals surface area contributed by atoms with Crippen LogP contribution in [0.15, 0.2) is 0 Å². The van der Waals surface area contributed by atoms with Crippen LogP contribution in [0.3, 0.4) is 0 Å². The van der Waals surface area contributed by atoms with Crippen molar-refractivity contribution < 1.29 is 4.12 Å². The summed E-state index contributed by atoms with van der Waals surface area (Å²) in [6.07, 6.45) is 1.09. The van der Waals surface area contributed by atoms with E-state index in [2.05, 4.69) is 13.8 Å². The number of hydrogen-bond donors (Lipinski definition) is 2. The summed E-state index contributed by atoms with van der Waals surface area (Å²) in [6.45, 7) is 6.06. The molecule has 0 aromatic carbocycles. The highest BCUT2D eigenvalue weighted by atomic mass is 28.4. The van der Waals surface area contributed by atoms with Crippen LogP contribution in [0.4, 0.5) is 0 Å². The van der Waals surface area contributed by atoms with Gasteiger partial charge in [0.1, 0.15) is 10.5 Å². The van der Waals surface area contributed by atoms with Crippen LogP contribution in [-0.2, 0) is 4.12 Å². The number of hydrogen-bond acceptors (Lipinski definition) is 3. The summed E-state index contributed by atoms with van der Waals surface area (Å²) < 4.78 is 5.88. The van der Waals surface area contributed by atoms with E-state index >= 15 is 0 Å². The molecule has 3 nitrogen and oxygen atoms in total. The molecule has 13 heavy (non-hydrogen) atoms. The van der Waals surface area contributed by atoms with Crippen LogP contribution in [-0.4, -0.2) is 31.9 Å². The lowest BCUT2D eigenvalue weighted by molar-refractivity contribution is 0.552. The smallest absolute Gasteiger partial charge is 0.182 e. The number of rotatable bonds is 7. The molecule has 0 heterocycles. The minimum absolute atomic E-state index is 0.667. The first-order chi connectivity index (χ1) is 6.13. The Balaban J connectivity index is 4.26. The van der Waals surface area contributed by atoms with E-state index in [1.54, 1.807) is 0 Å². The Morgan fingerprint density at radius 1 is 1.23 bits per heavy atom. The zero-order valence-corrected chi connectivity index (χ0v) is 12.2. The average Bonchev–Trinajstić information content (AvgIpc) is 2.12. The fraction of sp³-hybridized carbons (Fsp3) is 1.00. The van der Waals surface area contributed by atoms with Gasteiger partial charge in [0, 0.05) is 0 Å². The topological polar surface area (TPSA) is 61.3 Å². The summed E-state index contributed by atoms with van der Waals surface area (Å²) in [4.78, 5) is 0. The second-order valence-electron chi connectivity index (χ2n) is 3.85. The second kappa shape index (κ2) is 6.72. The standard InChI is InChI=1S/C8H24N2OSi2/c1-8(2)13(11-12,7-5-10)6-3-4-9/h8H,3-7,9-10H2,1-2,12H3. The molecule has 4 N–H and O–H groups in total. The van der Waals surface area contributed by atoms with E-state index in [9.17, 15) is 0 Å². The first-order valence-electron chi connectivity index (χ1n) is 5.08. The molecule has 0 bridgehead atoms. The molecule has 0 spiro atoms. The van der Waals surface area contributed by atoms with Crippen LogP contribution in [0, 0.1) is 0 Å². The molecular formula is C8H24N2OSi2. The van der Waals surface area contributed by atoms with Gasteiger partial charge in [0.15, 0.2) is 8.32 Å². The van der Waals surface area contributed by atoms with Crippen molar-refractivity contribution in [2.24, 2.45) is 11.5 Å². The van der Waals surface area contributed by atoms with Gasteiger partial charge in [0.2, 0.25) is 0 Å². The minimum Gasteiger partial charge on any atom is -0.463 e. The molecular weight excluding hydrogens is 196 g/mol. The van der Waals surface area contributed by atoms with Crippen molar-refractivity contribution in [3.8, 4) is 0 Å². The Hall–Kier alpha value is 0.314. The SMILES string of the molecule is CC(C)[Si](CCN)(CCCN)O[SiH3]. The lowest BCUT2D eigenvalue weighted by Crippen LogP contribution is -2.43. The van der Waals surface area contributed by atoms with E-state index in [-0.39, 0.29) is 0 Å². The van der Waals surface area contributed by atoms with Crippen molar-refractivity contribution in [3.63, 3.8) is 0 Å². The molecule has 0 aromatic rings. The Kier molecular flexibility index (Phi) is 6.88. The number of nitrogens with two attached hydrogens (primary N) is 2. The second-order valence-corrected chi connectivity index (χ2v) is 9.77. The van der Waals surface area contributed by atoms with E-state index < -0.39 is 8.32 Å². The summed E-state index contributed by atoms with van der Waals surface area (Å²) in [6, 6.07) is 2.27. The quantitative estimate of drug-likeness (QED) is 0.591. The van der Waals surface area contributed by atoms with Gasteiger partial charge in [-0.05, 0) is 37.1 Å². The van der Waals surface area contributed by atoms with E-state index in [0.29, 0.717) is 5.54 Å². The molecule has 0 aliphatic carbocycles. The highest BCUT2D eigenvalue weighted by molar-refractivity contribution is 6.77. The van der Waals surface area contributed by atoms with Gasteiger partial charge in [0.05, 0.1) is 0 Å². The summed E-state index contributed by atoms with van der Waals surface area (Å²) in [5, 5.41) is 0. The summed E-state index contributed by atoms with van der Waals surface area (Å²) in [5.74, 6) is 0. The molecule has 0 rings (SSSR count). The molecule has 80 valence electrons. The van der Waals surface area contributed by atoms with Crippen molar-refractivity contribution >= 4 is 18.8 Å². The van der Waals surface area contributed by atoms with Crippen molar-refractivity contribution in [1.29, 1.82) is 0 Å². The Bertz CT molecular complexity index is 135. The molecule has 0 saturated heterocycles. The third-order valence-electron chi connectivity index (χ3n) is 2.83. The molecule has 0 aromatic heterocycles. The Morgan fingerprint density at radius 3 is 2.15 bits per heavy atom. The first-order valence-corrected chi connectivity index (χ1v) is 8.30. The van der Waals surface area contributed by atoms with Gasteiger partial charge in [-0.2, -0.15) is 0 Å². The van der Waals surface area contributed by atoms with E-state index in [0.717, 1.165) is 36.0 Å².